The SMILES string of the molecule is COc1cc(N2CCNCC2)ccc1-c1ccccc1. The van der Waals surface area contributed by atoms with Crippen molar-refractivity contribution in [3.05, 3.63) is 48.5 Å². The van der Waals surface area contributed by atoms with Gasteiger partial charge in [0.15, 0.2) is 0 Å². The van der Waals surface area contributed by atoms with E-state index in [1.54, 1.807) is 7.11 Å². The highest BCUT2D eigenvalue weighted by Crippen LogP contribution is 2.33. The fraction of sp³-hybridized carbons (Fsp3) is 0.294. The van der Waals surface area contributed by atoms with E-state index in [1.807, 2.05) is 6.07 Å². The van der Waals surface area contributed by atoms with E-state index in [0.29, 0.717) is 0 Å². The van der Waals surface area contributed by atoms with Crippen LogP contribution in [0, 0.1) is 0 Å². The quantitative estimate of drug-likeness (QED) is 0.926. The highest BCUT2D eigenvalue weighted by molar-refractivity contribution is 5.73. The third-order valence-electron chi connectivity index (χ3n) is 3.75. The van der Waals surface area contributed by atoms with Crippen LogP contribution in [0.5, 0.6) is 5.75 Å². The molecule has 1 aliphatic rings. The molecule has 1 saturated heterocycles. The van der Waals surface area contributed by atoms with E-state index in [9.17, 15) is 0 Å². The summed E-state index contributed by atoms with van der Waals surface area (Å²) in [4.78, 5) is 2.40. The first kappa shape index (κ1) is 13.0. The van der Waals surface area contributed by atoms with Crippen molar-refractivity contribution in [1.29, 1.82) is 0 Å². The molecule has 0 bridgehead atoms. The Bertz CT molecular complexity index is 562. The molecule has 0 aliphatic carbocycles. The molecule has 0 spiro atoms. The molecule has 0 amide bonds. The summed E-state index contributed by atoms with van der Waals surface area (Å²) in [5.41, 5.74) is 3.58. The van der Waals surface area contributed by atoms with Crippen LogP contribution in [0.15, 0.2) is 48.5 Å². The van der Waals surface area contributed by atoms with Gasteiger partial charge in [-0.3, -0.25) is 0 Å². The van der Waals surface area contributed by atoms with Crippen molar-refractivity contribution in [1.82, 2.24) is 5.32 Å². The summed E-state index contributed by atoms with van der Waals surface area (Å²) < 4.78 is 5.59. The molecule has 0 radical (unpaired) electrons. The first-order valence-electron chi connectivity index (χ1n) is 7.07. The second kappa shape index (κ2) is 5.97. The predicted molar refractivity (Wildman–Crippen MR) is 83.5 cm³/mol. The highest BCUT2D eigenvalue weighted by Gasteiger charge is 2.13. The molecule has 0 atom stereocenters. The number of benzene rings is 2. The van der Waals surface area contributed by atoms with Crippen LogP contribution < -0.4 is 15.0 Å². The zero-order chi connectivity index (χ0) is 13.8. The maximum Gasteiger partial charge on any atom is 0.128 e. The lowest BCUT2D eigenvalue weighted by molar-refractivity contribution is 0.416. The Labute approximate surface area is 120 Å². The number of piperazine rings is 1. The Morgan fingerprint density at radius 2 is 1.75 bits per heavy atom. The van der Waals surface area contributed by atoms with Gasteiger partial charge in [0.1, 0.15) is 5.75 Å². The van der Waals surface area contributed by atoms with Gasteiger partial charge in [-0.2, -0.15) is 0 Å². The molecule has 1 N–H and O–H groups in total. The lowest BCUT2D eigenvalue weighted by Crippen LogP contribution is -2.43. The van der Waals surface area contributed by atoms with Crippen molar-refractivity contribution < 1.29 is 4.74 Å². The number of ether oxygens (including phenoxy) is 1. The number of nitrogens with zero attached hydrogens (tertiary/aromatic N) is 1. The lowest BCUT2D eigenvalue weighted by atomic mass is 10.0. The third-order valence-corrected chi connectivity index (χ3v) is 3.75. The molecule has 1 aliphatic heterocycles. The average Bonchev–Trinajstić information content (AvgIpc) is 2.56. The Hall–Kier alpha value is -2.00. The van der Waals surface area contributed by atoms with Gasteiger partial charge in [0.05, 0.1) is 7.11 Å². The van der Waals surface area contributed by atoms with Crippen LogP contribution in [0.1, 0.15) is 0 Å². The minimum atomic E-state index is 0.937. The Kier molecular flexibility index (Phi) is 3.88. The zero-order valence-corrected chi connectivity index (χ0v) is 11.8. The van der Waals surface area contributed by atoms with Crippen molar-refractivity contribution in [2.24, 2.45) is 0 Å². The molecule has 1 heterocycles. The molecule has 1 fully saturated rings. The minimum absolute atomic E-state index is 0.937. The molecular formula is C17H20N2O. The van der Waals surface area contributed by atoms with Crippen molar-refractivity contribution in [2.75, 3.05) is 38.2 Å². The molecule has 104 valence electrons. The summed E-state index contributed by atoms with van der Waals surface area (Å²) in [7, 11) is 1.74. The molecule has 2 aromatic rings. The maximum absolute atomic E-state index is 5.59. The van der Waals surface area contributed by atoms with Crippen LogP contribution in [-0.2, 0) is 0 Å². The Morgan fingerprint density at radius 3 is 2.45 bits per heavy atom. The number of anilines is 1. The van der Waals surface area contributed by atoms with Gasteiger partial charge in [0, 0.05) is 43.5 Å². The molecule has 2 aromatic carbocycles. The van der Waals surface area contributed by atoms with E-state index in [1.165, 1.54) is 11.3 Å². The number of rotatable bonds is 3. The monoisotopic (exact) mass is 268 g/mol. The van der Waals surface area contributed by atoms with E-state index in [-0.39, 0.29) is 0 Å². The first-order chi connectivity index (χ1) is 9.88. The zero-order valence-electron chi connectivity index (χ0n) is 11.8. The van der Waals surface area contributed by atoms with Crippen LogP contribution in [0.4, 0.5) is 5.69 Å². The van der Waals surface area contributed by atoms with Crippen LogP contribution in [0.3, 0.4) is 0 Å². The standard InChI is InChI=1S/C17H20N2O/c1-20-17-13-15(19-11-9-18-10-12-19)7-8-16(17)14-5-3-2-4-6-14/h2-8,13,18H,9-12H2,1H3. The summed E-state index contributed by atoms with van der Waals surface area (Å²) in [6, 6.07) is 16.9. The Balaban J connectivity index is 1.93. The second-order valence-electron chi connectivity index (χ2n) is 4.99. The van der Waals surface area contributed by atoms with Crippen LogP contribution >= 0.6 is 0 Å². The van der Waals surface area contributed by atoms with E-state index in [4.69, 9.17) is 4.74 Å². The van der Waals surface area contributed by atoms with Gasteiger partial charge in [0.2, 0.25) is 0 Å². The van der Waals surface area contributed by atoms with Crippen molar-refractivity contribution in [3.63, 3.8) is 0 Å². The van der Waals surface area contributed by atoms with E-state index >= 15 is 0 Å². The summed E-state index contributed by atoms with van der Waals surface area (Å²) in [6.45, 7) is 4.19. The summed E-state index contributed by atoms with van der Waals surface area (Å²) in [6.07, 6.45) is 0. The van der Waals surface area contributed by atoms with Crippen LogP contribution in [-0.4, -0.2) is 33.3 Å². The van der Waals surface area contributed by atoms with Crippen molar-refractivity contribution in [2.45, 2.75) is 0 Å². The maximum atomic E-state index is 5.59. The van der Waals surface area contributed by atoms with E-state index < -0.39 is 0 Å². The van der Waals surface area contributed by atoms with Crippen LogP contribution in [0.25, 0.3) is 11.1 Å². The summed E-state index contributed by atoms with van der Waals surface area (Å²) in [5, 5.41) is 3.38. The molecule has 0 aromatic heterocycles. The molecule has 3 rings (SSSR count). The van der Waals surface area contributed by atoms with E-state index in [2.05, 4.69) is 52.7 Å². The van der Waals surface area contributed by atoms with Gasteiger partial charge in [-0.15, -0.1) is 0 Å². The van der Waals surface area contributed by atoms with Gasteiger partial charge in [-0.25, -0.2) is 0 Å². The van der Waals surface area contributed by atoms with Gasteiger partial charge in [0.25, 0.3) is 0 Å². The van der Waals surface area contributed by atoms with Gasteiger partial charge in [-0.1, -0.05) is 30.3 Å². The van der Waals surface area contributed by atoms with Crippen LogP contribution in [0.2, 0.25) is 0 Å². The number of hydrogen-bond acceptors (Lipinski definition) is 3. The molecular weight excluding hydrogens is 248 g/mol. The first-order valence-corrected chi connectivity index (χ1v) is 7.07. The smallest absolute Gasteiger partial charge is 0.128 e. The second-order valence-corrected chi connectivity index (χ2v) is 4.99. The molecule has 0 saturated carbocycles. The Morgan fingerprint density at radius 1 is 1.00 bits per heavy atom. The molecule has 20 heavy (non-hydrogen) atoms. The van der Waals surface area contributed by atoms with Crippen molar-refractivity contribution in [3.8, 4) is 16.9 Å². The number of nitrogens with one attached hydrogen (secondary N) is 1. The van der Waals surface area contributed by atoms with Gasteiger partial charge < -0.3 is 15.0 Å². The highest BCUT2D eigenvalue weighted by atomic mass is 16.5. The normalized spacial score (nSPS) is 15.2. The largest absolute Gasteiger partial charge is 0.496 e. The van der Waals surface area contributed by atoms with Gasteiger partial charge in [-0.05, 0) is 17.7 Å². The predicted octanol–water partition coefficient (Wildman–Crippen LogP) is 2.77. The average molecular weight is 268 g/mol. The fourth-order valence-electron chi connectivity index (χ4n) is 2.66. The number of hydrogen-bond donors (Lipinski definition) is 1. The summed E-state index contributed by atoms with van der Waals surface area (Å²) in [5.74, 6) is 0.937. The molecule has 0 unspecified atom stereocenters. The number of methoxy groups -OCH3 is 1. The molecule has 3 nitrogen and oxygen atoms in total. The summed E-state index contributed by atoms with van der Waals surface area (Å²) >= 11 is 0. The van der Waals surface area contributed by atoms with Gasteiger partial charge >= 0.3 is 0 Å². The topological polar surface area (TPSA) is 24.5 Å². The molecule has 3 heteroatoms. The third kappa shape index (κ3) is 2.63. The van der Waals surface area contributed by atoms with Crippen molar-refractivity contribution >= 4 is 5.69 Å². The lowest BCUT2D eigenvalue weighted by Gasteiger charge is -2.30. The van der Waals surface area contributed by atoms with E-state index in [0.717, 1.165) is 37.5 Å². The fourth-order valence-corrected chi connectivity index (χ4v) is 2.66. The minimum Gasteiger partial charge on any atom is -0.496 e.